The number of nitrogens with one attached hydrogen (secondary N) is 2. The van der Waals surface area contributed by atoms with Gasteiger partial charge in [-0.1, -0.05) is 31.0 Å². The number of allylic oxidation sites excluding steroid dienone is 1. The first-order valence-corrected chi connectivity index (χ1v) is 8.62. The number of hydrazine groups is 1. The number of hydrogen-bond donors (Lipinski definition) is 3. The van der Waals surface area contributed by atoms with Crippen LogP contribution in [0.15, 0.2) is 48.9 Å². The number of nitrogens with zero attached hydrogens (tertiary/aromatic N) is 2. The monoisotopic (exact) mass is 371 g/mol. The lowest BCUT2D eigenvalue weighted by molar-refractivity contribution is 0.628. The molecule has 2 aromatic carbocycles. The molecule has 1 aromatic heterocycles. The summed E-state index contributed by atoms with van der Waals surface area (Å²) < 4.78 is 13.4. The van der Waals surface area contributed by atoms with Gasteiger partial charge in [0, 0.05) is 17.3 Å². The molecule has 0 saturated carbocycles. The van der Waals surface area contributed by atoms with Gasteiger partial charge < -0.3 is 10.7 Å². The van der Waals surface area contributed by atoms with Crippen LogP contribution in [0.25, 0.3) is 16.5 Å². The van der Waals surface area contributed by atoms with Crippen molar-refractivity contribution in [1.82, 2.24) is 15.4 Å². The van der Waals surface area contributed by atoms with Crippen LogP contribution in [0, 0.1) is 5.82 Å². The van der Waals surface area contributed by atoms with Crippen LogP contribution in [0.3, 0.4) is 0 Å². The van der Waals surface area contributed by atoms with E-state index in [1.807, 2.05) is 18.2 Å². The highest BCUT2D eigenvalue weighted by molar-refractivity contribution is 6.31. The summed E-state index contributed by atoms with van der Waals surface area (Å²) in [5.41, 5.74) is 6.18. The SMILES string of the molecule is CCC/C(=C\NN)c1ccc2ncnc(Nc3ccc(F)c(Cl)c3)c2c1. The first-order chi connectivity index (χ1) is 12.6. The lowest BCUT2D eigenvalue weighted by atomic mass is 10.0. The zero-order chi connectivity index (χ0) is 18.5. The fourth-order valence-corrected chi connectivity index (χ4v) is 2.92. The van der Waals surface area contributed by atoms with Crippen molar-refractivity contribution in [3.8, 4) is 0 Å². The van der Waals surface area contributed by atoms with Gasteiger partial charge in [-0.25, -0.2) is 14.4 Å². The standard InChI is InChI=1S/C19H19ClFN5/c1-2-3-13(10-25-22)12-4-7-18-15(8-12)19(24-11-23-18)26-14-5-6-17(21)16(20)9-14/h4-11,25H,2-3,22H2,1H3,(H,23,24,26)/b13-10+. The molecular weight excluding hydrogens is 353 g/mol. The number of aromatic nitrogens is 2. The maximum absolute atomic E-state index is 13.4. The van der Waals surface area contributed by atoms with Gasteiger partial charge >= 0.3 is 0 Å². The maximum atomic E-state index is 13.4. The van der Waals surface area contributed by atoms with Gasteiger partial charge in [-0.15, -0.1) is 0 Å². The van der Waals surface area contributed by atoms with E-state index in [9.17, 15) is 4.39 Å². The smallest absolute Gasteiger partial charge is 0.141 e. The van der Waals surface area contributed by atoms with Crippen LogP contribution < -0.4 is 16.6 Å². The molecule has 3 aromatic rings. The third-order valence-corrected chi connectivity index (χ3v) is 4.26. The van der Waals surface area contributed by atoms with Crippen molar-refractivity contribution in [3.05, 3.63) is 65.3 Å². The van der Waals surface area contributed by atoms with Crippen LogP contribution in [-0.4, -0.2) is 9.97 Å². The van der Waals surface area contributed by atoms with Gasteiger partial charge in [0.2, 0.25) is 0 Å². The fraction of sp³-hybridized carbons (Fsp3) is 0.158. The molecule has 0 saturated heterocycles. The molecule has 5 nitrogen and oxygen atoms in total. The average molecular weight is 372 g/mol. The Morgan fingerprint density at radius 3 is 2.81 bits per heavy atom. The molecule has 0 spiro atoms. The summed E-state index contributed by atoms with van der Waals surface area (Å²) in [5.74, 6) is 5.62. The number of benzene rings is 2. The minimum Gasteiger partial charge on any atom is -0.340 e. The van der Waals surface area contributed by atoms with Crippen LogP contribution in [0.5, 0.6) is 0 Å². The molecule has 0 amide bonds. The quantitative estimate of drug-likeness (QED) is 0.430. The van der Waals surface area contributed by atoms with Crippen molar-refractivity contribution in [2.75, 3.05) is 5.32 Å². The second-order valence-electron chi connectivity index (χ2n) is 5.79. The average Bonchev–Trinajstić information content (AvgIpc) is 2.64. The number of anilines is 2. The molecular formula is C19H19ClFN5. The van der Waals surface area contributed by atoms with Gasteiger partial charge in [0.05, 0.1) is 10.5 Å². The van der Waals surface area contributed by atoms with Gasteiger partial charge in [0.15, 0.2) is 0 Å². The minimum absolute atomic E-state index is 0.0521. The molecule has 1 heterocycles. The number of hydrogen-bond acceptors (Lipinski definition) is 5. The summed E-state index contributed by atoms with van der Waals surface area (Å²) >= 11 is 5.86. The highest BCUT2D eigenvalue weighted by Gasteiger charge is 2.09. The van der Waals surface area contributed by atoms with Gasteiger partial charge in [-0.2, -0.15) is 0 Å². The molecule has 0 aliphatic rings. The zero-order valence-corrected chi connectivity index (χ0v) is 15.0. The molecule has 134 valence electrons. The summed E-state index contributed by atoms with van der Waals surface area (Å²) in [6.07, 6.45) is 5.16. The number of fused-ring (bicyclic) bond motifs is 1. The Kier molecular flexibility index (Phi) is 5.65. The fourth-order valence-electron chi connectivity index (χ4n) is 2.74. The molecule has 7 heteroatoms. The van der Waals surface area contributed by atoms with E-state index in [0.717, 1.165) is 34.9 Å². The lowest BCUT2D eigenvalue weighted by Crippen LogP contribution is -2.14. The molecule has 3 rings (SSSR count). The van der Waals surface area contributed by atoms with E-state index < -0.39 is 5.82 Å². The number of rotatable bonds is 6. The van der Waals surface area contributed by atoms with E-state index >= 15 is 0 Å². The Morgan fingerprint density at radius 1 is 1.23 bits per heavy atom. The second kappa shape index (κ2) is 8.12. The molecule has 0 fully saturated rings. The molecule has 0 atom stereocenters. The Labute approximate surface area is 156 Å². The molecule has 0 aliphatic carbocycles. The normalized spacial score (nSPS) is 11.6. The van der Waals surface area contributed by atoms with E-state index in [2.05, 4.69) is 27.6 Å². The molecule has 26 heavy (non-hydrogen) atoms. The summed E-state index contributed by atoms with van der Waals surface area (Å²) in [6.45, 7) is 2.11. The van der Waals surface area contributed by atoms with Gasteiger partial charge in [-0.3, -0.25) is 5.84 Å². The molecule has 0 bridgehead atoms. The lowest BCUT2D eigenvalue weighted by Gasteiger charge is -2.12. The molecule has 4 N–H and O–H groups in total. The van der Waals surface area contributed by atoms with E-state index in [1.165, 1.54) is 18.5 Å². The van der Waals surface area contributed by atoms with E-state index in [4.69, 9.17) is 17.4 Å². The Bertz CT molecular complexity index is 958. The predicted molar refractivity (Wildman–Crippen MR) is 104 cm³/mol. The van der Waals surface area contributed by atoms with Crippen molar-refractivity contribution in [3.63, 3.8) is 0 Å². The first kappa shape index (κ1) is 18.1. The van der Waals surface area contributed by atoms with Crippen LogP contribution in [0.1, 0.15) is 25.3 Å². The Morgan fingerprint density at radius 2 is 2.08 bits per heavy atom. The van der Waals surface area contributed by atoms with Crippen LogP contribution in [0.2, 0.25) is 5.02 Å². The third-order valence-electron chi connectivity index (χ3n) is 3.97. The highest BCUT2D eigenvalue weighted by Crippen LogP contribution is 2.29. The van der Waals surface area contributed by atoms with Gasteiger partial charge in [-0.05, 0) is 47.9 Å². The van der Waals surface area contributed by atoms with Crippen LogP contribution >= 0.6 is 11.6 Å². The summed E-state index contributed by atoms with van der Waals surface area (Å²) in [4.78, 5) is 8.64. The summed E-state index contributed by atoms with van der Waals surface area (Å²) in [6, 6.07) is 10.4. The topological polar surface area (TPSA) is 75.9 Å². The Balaban J connectivity index is 2.03. The zero-order valence-electron chi connectivity index (χ0n) is 14.3. The highest BCUT2D eigenvalue weighted by atomic mass is 35.5. The summed E-state index contributed by atoms with van der Waals surface area (Å²) in [5, 5.41) is 4.09. The number of nitrogens with two attached hydrogens (primary N) is 1. The van der Waals surface area contributed by atoms with Crippen molar-refractivity contribution < 1.29 is 4.39 Å². The van der Waals surface area contributed by atoms with Crippen molar-refractivity contribution in [2.24, 2.45) is 5.84 Å². The van der Waals surface area contributed by atoms with Gasteiger partial charge in [0.1, 0.15) is 18.0 Å². The predicted octanol–water partition coefficient (Wildman–Crippen LogP) is 4.77. The van der Waals surface area contributed by atoms with Crippen molar-refractivity contribution in [1.29, 1.82) is 0 Å². The van der Waals surface area contributed by atoms with E-state index in [1.54, 1.807) is 12.3 Å². The summed E-state index contributed by atoms with van der Waals surface area (Å²) in [7, 11) is 0. The van der Waals surface area contributed by atoms with E-state index in [-0.39, 0.29) is 5.02 Å². The minimum atomic E-state index is -0.462. The van der Waals surface area contributed by atoms with Gasteiger partial charge in [0.25, 0.3) is 0 Å². The second-order valence-corrected chi connectivity index (χ2v) is 6.20. The molecule has 0 radical (unpaired) electrons. The number of halogens is 2. The van der Waals surface area contributed by atoms with Crippen LogP contribution in [-0.2, 0) is 0 Å². The molecule has 0 aliphatic heterocycles. The van der Waals surface area contributed by atoms with Crippen LogP contribution in [0.4, 0.5) is 15.9 Å². The van der Waals surface area contributed by atoms with E-state index in [0.29, 0.717) is 11.5 Å². The third kappa shape index (κ3) is 3.92. The Hall–Kier alpha value is -2.70. The maximum Gasteiger partial charge on any atom is 0.141 e. The van der Waals surface area contributed by atoms with Crippen molar-refractivity contribution >= 4 is 39.6 Å². The van der Waals surface area contributed by atoms with Crippen molar-refractivity contribution in [2.45, 2.75) is 19.8 Å². The molecule has 0 unspecified atom stereocenters. The first-order valence-electron chi connectivity index (χ1n) is 8.24. The largest absolute Gasteiger partial charge is 0.340 e.